The summed E-state index contributed by atoms with van der Waals surface area (Å²) in [4.78, 5) is 60.1. The predicted octanol–water partition coefficient (Wildman–Crippen LogP) is -0.211. The fraction of sp³-hybridized carbons (Fsp3) is 0.722. The third-order valence-corrected chi connectivity index (χ3v) is 5.26. The largest absolute Gasteiger partial charge is 0.468 e. The molecule has 1 unspecified atom stereocenters. The maximum absolute atomic E-state index is 12.6. The van der Waals surface area contributed by atoms with Gasteiger partial charge in [-0.05, 0) is 0 Å². The summed E-state index contributed by atoms with van der Waals surface area (Å²) in [6.45, 7) is 4.64. The summed E-state index contributed by atoms with van der Waals surface area (Å²) < 4.78 is 15.1. The van der Waals surface area contributed by atoms with E-state index in [-0.39, 0.29) is 31.9 Å². The highest BCUT2D eigenvalue weighted by molar-refractivity contribution is 8.00. The molecule has 0 bridgehead atoms. The van der Waals surface area contributed by atoms with E-state index in [0.717, 1.165) is 11.8 Å². The molecule has 0 saturated carbocycles. The Kier molecular flexibility index (Phi) is 9.93. The SMILES string of the molecule is COC(=O)C1CC(=O)O[C@H](C(C)(C)COC(C)=O)C(=O)NCCC(=O)NCCS1. The van der Waals surface area contributed by atoms with Gasteiger partial charge in [0.2, 0.25) is 5.91 Å². The van der Waals surface area contributed by atoms with Gasteiger partial charge in [-0.15, -0.1) is 11.8 Å². The van der Waals surface area contributed by atoms with E-state index < -0.39 is 40.6 Å². The molecule has 10 nitrogen and oxygen atoms in total. The average molecular weight is 432 g/mol. The number of cyclic esters (lactones) is 1. The average Bonchev–Trinajstić information content (AvgIpc) is 2.65. The summed E-state index contributed by atoms with van der Waals surface area (Å²) in [7, 11) is 1.21. The molecule has 0 radical (unpaired) electrons. The van der Waals surface area contributed by atoms with Gasteiger partial charge in [-0.1, -0.05) is 13.8 Å². The number of esters is 3. The highest BCUT2D eigenvalue weighted by atomic mass is 32.2. The Morgan fingerprint density at radius 3 is 2.52 bits per heavy atom. The number of hydrogen-bond acceptors (Lipinski definition) is 9. The van der Waals surface area contributed by atoms with E-state index in [4.69, 9.17) is 14.2 Å². The molecule has 0 aromatic heterocycles. The molecule has 1 heterocycles. The molecule has 1 aliphatic heterocycles. The zero-order valence-corrected chi connectivity index (χ0v) is 17.9. The zero-order chi connectivity index (χ0) is 22.0. The fourth-order valence-electron chi connectivity index (χ4n) is 2.48. The number of rotatable bonds is 4. The van der Waals surface area contributed by atoms with Crippen molar-refractivity contribution in [3.05, 3.63) is 0 Å². The van der Waals surface area contributed by atoms with Crippen LogP contribution in [-0.2, 0) is 38.2 Å². The number of carbonyl (C=O) groups is 5. The van der Waals surface area contributed by atoms with Gasteiger partial charge < -0.3 is 24.8 Å². The maximum atomic E-state index is 12.6. The molecule has 0 spiro atoms. The smallest absolute Gasteiger partial charge is 0.319 e. The minimum atomic E-state index is -1.29. The number of ether oxygens (including phenoxy) is 3. The molecule has 11 heteroatoms. The van der Waals surface area contributed by atoms with Gasteiger partial charge in [-0.3, -0.25) is 24.0 Å². The molecule has 2 amide bonds. The monoisotopic (exact) mass is 432 g/mol. The lowest BCUT2D eigenvalue weighted by Crippen LogP contribution is -2.49. The lowest BCUT2D eigenvalue weighted by atomic mass is 9.86. The van der Waals surface area contributed by atoms with Gasteiger partial charge in [0.1, 0.15) is 11.9 Å². The van der Waals surface area contributed by atoms with Crippen LogP contribution in [0.5, 0.6) is 0 Å². The van der Waals surface area contributed by atoms with Crippen LogP contribution in [0.3, 0.4) is 0 Å². The van der Waals surface area contributed by atoms with Crippen LogP contribution >= 0.6 is 11.8 Å². The first-order chi connectivity index (χ1) is 13.6. The van der Waals surface area contributed by atoms with Gasteiger partial charge in [0.05, 0.1) is 13.5 Å². The number of carbonyl (C=O) groups excluding carboxylic acids is 5. The first-order valence-electron chi connectivity index (χ1n) is 9.13. The molecule has 29 heavy (non-hydrogen) atoms. The van der Waals surface area contributed by atoms with Crippen LogP contribution in [0.1, 0.15) is 33.6 Å². The fourth-order valence-corrected chi connectivity index (χ4v) is 3.47. The minimum absolute atomic E-state index is 0.0435. The number of methoxy groups -OCH3 is 1. The van der Waals surface area contributed by atoms with Crippen LogP contribution in [0.2, 0.25) is 0 Å². The first-order valence-corrected chi connectivity index (χ1v) is 10.2. The molecule has 2 atom stereocenters. The highest BCUT2D eigenvalue weighted by Gasteiger charge is 2.40. The summed E-state index contributed by atoms with van der Waals surface area (Å²) in [5.74, 6) is -2.39. The van der Waals surface area contributed by atoms with Crippen molar-refractivity contribution in [1.29, 1.82) is 0 Å². The molecule has 2 N–H and O–H groups in total. The quantitative estimate of drug-likeness (QED) is 0.456. The van der Waals surface area contributed by atoms with Gasteiger partial charge in [0, 0.05) is 37.6 Å². The van der Waals surface area contributed by atoms with Crippen molar-refractivity contribution in [1.82, 2.24) is 10.6 Å². The lowest BCUT2D eigenvalue weighted by molar-refractivity contribution is -0.169. The number of amides is 2. The molecule has 0 aromatic carbocycles. The Balaban J connectivity index is 3.04. The molecular formula is C18H28N2O8S. The summed E-state index contributed by atoms with van der Waals surface area (Å²) in [6.07, 6.45) is -1.55. The summed E-state index contributed by atoms with van der Waals surface area (Å²) in [5.41, 5.74) is -1.04. The Morgan fingerprint density at radius 1 is 1.21 bits per heavy atom. The molecular weight excluding hydrogens is 404 g/mol. The Labute approximate surface area is 173 Å². The molecule has 164 valence electrons. The van der Waals surface area contributed by atoms with Crippen LogP contribution in [0.4, 0.5) is 0 Å². The van der Waals surface area contributed by atoms with Crippen molar-refractivity contribution in [2.45, 2.75) is 45.0 Å². The molecule has 1 fully saturated rings. The van der Waals surface area contributed by atoms with E-state index in [2.05, 4.69) is 10.6 Å². The zero-order valence-electron chi connectivity index (χ0n) is 17.1. The summed E-state index contributed by atoms with van der Waals surface area (Å²) in [6, 6.07) is 0. The minimum Gasteiger partial charge on any atom is -0.468 e. The standard InChI is InChI=1S/C18H28N2O8S/c1-11(21)27-10-18(2,3)15-16(24)20-6-5-13(22)19-7-8-29-12(17(25)26-4)9-14(23)28-15/h12,15H,5-10H2,1-4H3,(H,19,22)(H,20,24)/t12?,15-/m0/s1. The molecule has 0 aromatic rings. The van der Waals surface area contributed by atoms with Crippen molar-refractivity contribution in [2.24, 2.45) is 5.41 Å². The van der Waals surface area contributed by atoms with E-state index in [1.165, 1.54) is 14.0 Å². The summed E-state index contributed by atoms with van der Waals surface area (Å²) in [5, 5.41) is 4.40. The van der Waals surface area contributed by atoms with Gasteiger partial charge in [-0.2, -0.15) is 0 Å². The van der Waals surface area contributed by atoms with Crippen molar-refractivity contribution in [3.8, 4) is 0 Å². The third kappa shape index (κ3) is 8.71. The number of thioether (sulfide) groups is 1. The van der Waals surface area contributed by atoms with Crippen molar-refractivity contribution < 1.29 is 38.2 Å². The van der Waals surface area contributed by atoms with Gasteiger partial charge in [-0.25, -0.2) is 0 Å². The molecule has 1 aliphatic rings. The lowest BCUT2D eigenvalue weighted by Gasteiger charge is -2.32. The Morgan fingerprint density at radius 2 is 1.90 bits per heavy atom. The Hall–Kier alpha value is -2.30. The van der Waals surface area contributed by atoms with Gasteiger partial charge in [0.15, 0.2) is 6.10 Å². The van der Waals surface area contributed by atoms with Crippen LogP contribution in [0.25, 0.3) is 0 Å². The normalized spacial score (nSPS) is 22.4. The van der Waals surface area contributed by atoms with Gasteiger partial charge >= 0.3 is 17.9 Å². The number of hydrogen-bond donors (Lipinski definition) is 2. The molecule has 0 aliphatic carbocycles. The van der Waals surface area contributed by atoms with Crippen LogP contribution < -0.4 is 10.6 Å². The maximum Gasteiger partial charge on any atom is 0.319 e. The molecule has 1 rings (SSSR count). The second-order valence-corrected chi connectivity index (χ2v) is 8.43. The summed E-state index contributed by atoms with van der Waals surface area (Å²) >= 11 is 1.15. The second-order valence-electron chi connectivity index (χ2n) is 7.12. The highest BCUT2D eigenvalue weighted by Crippen LogP contribution is 2.26. The van der Waals surface area contributed by atoms with Crippen molar-refractivity contribution in [3.63, 3.8) is 0 Å². The predicted molar refractivity (Wildman–Crippen MR) is 104 cm³/mol. The van der Waals surface area contributed by atoms with Crippen molar-refractivity contribution >= 4 is 41.5 Å². The van der Waals surface area contributed by atoms with E-state index >= 15 is 0 Å². The van der Waals surface area contributed by atoms with Gasteiger partial charge in [0.25, 0.3) is 5.91 Å². The molecule has 1 saturated heterocycles. The topological polar surface area (TPSA) is 137 Å². The number of nitrogens with one attached hydrogen (secondary N) is 2. The van der Waals surface area contributed by atoms with Crippen LogP contribution in [-0.4, -0.2) is 73.6 Å². The second kappa shape index (κ2) is 11.6. The van der Waals surface area contributed by atoms with Crippen LogP contribution in [0.15, 0.2) is 0 Å². The Bertz CT molecular complexity index is 637. The first kappa shape index (κ1) is 24.7. The van der Waals surface area contributed by atoms with E-state index in [1.54, 1.807) is 13.8 Å². The third-order valence-electron chi connectivity index (χ3n) is 4.06. The van der Waals surface area contributed by atoms with Crippen molar-refractivity contribution in [2.75, 3.05) is 32.6 Å². The van der Waals surface area contributed by atoms with Crippen LogP contribution in [0, 0.1) is 5.41 Å². The van der Waals surface area contributed by atoms with E-state index in [9.17, 15) is 24.0 Å². The van der Waals surface area contributed by atoms with E-state index in [0.29, 0.717) is 12.3 Å². The van der Waals surface area contributed by atoms with E-state index in [1.807, 2.05) is 0 Å².